The molecule has 1 aromatic rings. The number of hydrogen-bond acceptors (Lipinski definition) is 5. The summed E-state index contributed by atoms with van der Waals surface area (Å²) in [6, 6.07) is 4.79. The van der Waals surface area contributed by atoms with Crippen LogP contribution in [0, 0.1) is 0 Å². The topological polar surface area (TPSA) is 67.4 Å². The molecule has 0 saturated carbocycles. The molecule has 0 aromatic heterocycles. The normalized spacial score (nSPS) is 11.5. The third-order valence-corrected chi connectivity index (χ3v) is 4.70. The van der Waals surface area contributed by atoms with Gasteiger partial charge in [-0.05, 0) is 34.1 Å². The van der Waals surface area contributed by atoms with E-state index in [4.69, 9.17) is 14.2 Å². The van der Waals surface area contributed by atoms with Gasteiger partial charge in [0.05, 0.1) is 21.3 Å². The van der Waals surface area contributed by atoms with Crippen molar-refractivity contribution in [2.75, 3.05) is 48.0 Å². The summed E-state index contributed by atoms with van der Waals surface area (Å²) >= 11 is 0. The summed E-state index contributed by atoms with van der Waals surface area (Å²) in [7, 11) is 6.72. The fourth-order valence-corrected chi connectivity index (χ4v) is 3.27. The van der Waals surface area contributed by atoms with Crippen molar-refractivity contribution in [1.29, 1.82) is 0 Å². The molecule has 0 aliphatic rings. The van der Waals surface area contributed by atoms with Crippen molar-refractivity contribution in [3.05, 3.63) is 17.7 Å². The van der Waals surface area contributed by atoms with Crippen LogP contribution in [0.15, 0.2) is 17.1 Å². The van der Waals surface area contributed by atoms with Crippen LogP contribution in [-0.4, -0.2) is 71.0 Å². The van der Waals surface area contributed by atoms with Crippen LogP contribution in [0.25, 0.3) is 0 Å². The third-order valence-electron chi connectivity index (χ3n) is 4.70. The van der Waals surface area contributed by atoms with Gasteiger partial charge in [-0.2, -0.15) is 0 Å². The SMILES string of the molecule is CN=C(NCCc1c(OC)cc(OC)cc1OC)NCCN(C(C)C)C(C)C.I. The Morgan fingerprint density at radius 1 is 0.931 bits per heavy atom. The van der Waals surface area contributed by atoms with Crippen LogP contribution in [0.4, 0.5) is 0 Å². The average molecular weight is 522 g/mol. The van der Waals surface area contributed by atoms with Crippen molar-refractivity contribution >= 4 is 29.9 Å². The summed E-state index contributed by atoms with van der Waals surface area (Å²) in [5.41, 5.74) is 1.000. The van der Waals surface area contributed by atoms with Gasteiger partial charge in [0, 0.05) is 56.5 Å². The number of methoxy groups -OCH3 is 3. The zero-order valence-corrected chi connectivity index (χ0v) is 21.5. The molecule has 0 atom stereocenters. The van der Waals surface area contributed by atoms with Crippen LogP contribution in [0.5, 0.6) is 17.2 Å². The first-order chi connectivity index (χ1) is 13.4. The fraction of sp³-hybridized carbons (Fsp3) is 0.667. The molecule has 8 heteroatoms. The first kappa shape index (κ1) is 27.6. The molecule has 0 spiro atoms. The summed E-state index contributed by atoms with van der Waals surface area (Å²) < 4.78 is 16.3. The number of ether oxygens (including phenoxy) is 3. The van der Waals surface area contributed by atoms with Gasteiger partial charge in [-0.25, -0.2) is 0 Å². The van der Waals surface area contributed by atoms with Gasteiger partial charge < -0.3 is 24.8 Å². The van der Waals surface area contributed by atoms with Gasteiger partial charge >= 0.3 is 0 Å². The predicted molar refractivity (Wildman–Crippen MR) is 132 cm³/mol. The number of guanidine groups is 1. The quantitative estimate of drug-likeness (QED) is 0.265. The highest BCUT2D eigenvalue weighted by Crippen LogP contribution is 2.34. The molecule has 0 aliphatic heterocycles. The molecule has 0 saturated heterocycles. The highest BCUT2D eigenvalue weighted by Gasteiger charge is 2.14. The molecule has 0 heterocycles. The molecule has 0 radical (unpaired) electrons. The Morgan fingerprint density at radius 2 is 1.45 bits per heavy atom. The zero-order valence-electron chi connectivity index (χ0n) is 19.2. The molecule has 2 N–H and O–H groups in total. The van der Waals surface area contributed by atoms with Crippen molar-refractivity contribution in [3.63, 3.8) is 0 Å². The molecule has 0 unspecified atom stereocenters. The number of nitrogens with one attached hydrogen (secondary N) is 2. The van der Waals surface area contributed by atoms with Gasteiger partial charge in [0.2, 0.25) is 0 Å². The van der Waals surface area contributed by atoms with Crippen molar-refractivity contribution in [2.45, 2.75) is 46.2 Å². The monoisotopic (exact) mass is 522 g/mol. The minimum absolute atomic E-state index is 0. The highest BCUT2D eigenvalue weighted by molar-refractivity contribution is 14.0. The van der Waals surface area contributed by atoms with Gasteiger partial charge in [0.15, 0.2) is 5.96 Å². The standard InChI is InChI=1S/C21H38N4O3.HI/c1-15(2)25(16(3)4)12-11-24-21(22-5)23-10-9-18-19(27-7)13-17(26-6)14-20(18)28-8;/h13-16H,9-12H2,1-8H3,(H2,22,23,24);1H. The Balaban J connectivity index is 0.00000784. The lowest BCUT2D eigenvalue weighted by molar-refractivity contribution is 0.178. The van der Waals surface area contributed by atoms with Crippen LogP contribution in [0.2, 0.25) is 0 Å². The second kappa shape index (κ2) is 14.5. The lowest BCUT2D eigenvalue weighted by Gasteiger charge is -2.30. The molecule has 1 aromatic carbocycles. The van der Waals surface area contributed by atoms with Crippen molar-refractivity contribution in [1.82, 2.24) is 15.5 Å². The van der Waals surface area contributed by atoms with Gasteiger partial charge in [-0.1, -0.05) is 0 Å². The maximum Gasteiger partial charge on any atom is 0.191 e. The molecule has 0 fully saturated rings. The van der Waals surface area contributed by atoms with Gasteiger partial charge in [0.25, 0.3) is 0 Å². The van der Waals surface area contributed by atoms with Crippen LogP contribution in [0.1, 0.15) is 33.3 Å². The van der Waals surface area contributed by atoms with Gasteiger partial charge in [0.1, 0.15) is 17.2 Å². The van der Waals surface area contributed by atoms with E-state index in [0.717, 1.165) is 42.5 Å². The Labute approximate surface area is 193 Å². The van der Waals surface area contributed by atoms with Crippen molar-refractivity contribution in [3.8, 4) is 17.2 Å². The maximum absolute atomic E-state index is 5.51. The molecule has 0 amide bonds. The minimum Gasteiger partial charge on any atom is -0.496 e. The van der Waals surface area contributed by atoms with Crippen molar-refractivity contribution < 1.29 is 14.2 Å². The molecular weight excluding hydrogens is 483 g/mol. The smallest absolute Gasteiger partial charge is 0.191 e. The molecule has 1 rings (SSSR count). The first-order valence-corrected chi connectivity index (χ1v) is 9.87. The Hall–Kier alpha value is -1.42. The Kier molecular flexibility index (Phi) is 13.8. The van der Waals surface area contributed by atoms with E-state index in [-0.39, 0.29) is 24.0 Å². The summed E-state index contributed by atoms with van der Waals surface area (Å²) in [5.74, 6) is 3.01. The number of nitrogens with zero attached hydrogens (tertiary/aromatic N) is 2. The number of benzene rings is 1. The Morgan fingerprint density at radius 3 is 1.86 bits per heavy atom. The number of aliphatic imine (C=N–C) groups is 1. The number of hydrogen-bond donors (Lipinski definition) is 2. The van der Waals surface area contributed by atoms with E-state index in [1.807, 2.05) is 12.1 Å². The Bertz CT molecular complexity index is 591. The van der Waals surface area contributed by atoms with Crippen LogP contribution < -0.4 is 24.8 Å². The largest absolute Gasteiger partial charge is 0.496 e. The highest BCUT2D eigenvalue weighted by atomic mass is 127. The third kappa shape index (κ3) is 8.86. The van der Waals surface area contributed by atoms with Crippen LogP contribution >= 0.6 is 24.0 Å². The number of rotatable bonds is 11. The second-order valence-corrected chi connectivity index (χ2v) is 7.11. The lowest BCUT2D eigenvalue weighted by atomic mass is 10.1. The van der Waals surface area contributed by atoms with Gasteiger partial charge in [-0.3, -0.25) is 9.89 Å². The van der Waals surface area contributed by atoms with E-state index >= 15 is 0 Å². The summed E-state index contributed by atoms with van der Waals surface area (Å²) in [6.07, 6.45) is 0.737. The van der Waals surface area contributed by atoms with Crippen LogP contribution in [0.3, 0.4) is 0 Å². The molecular formula is C21H39IN4O3. The molecule has 7 nitrogen and oxygen atoms in total. The fourth-order valence-electron chi connectivity index (χ4n) is 3.27. The molecule has 29 heavy (non-hydrogen) atoms. The predicted octanol–water partition coefficient (Wildman–Crippen LogP) is 3.16. The van der Waals surface area contributed by atoms with E-state index in [9.17, 15) is 0 Å². The van der Waals surface area contributed by atoms with E-state index < -0.39 is 0 Å². The van der Waals surface area contributed by atoms with Crippen LogP contribution in [-0.2, 0) is 6.42 Å². The number of halogens is 1. The first-order valence-electron chi connectivity index (χ1n) is 9.87. The molecule has 0 aliphatic carbocycles. The summed E-state index contributed by atoms with van der Waals surface area (Å²) in [4.78, 5) is 6.76. The van der Waals surface area contributed by atoms with Crippen molar-refractivity contribution in [2.24, 2.45) is 4.99 Å². The van der Waals surface area contributed by atoms with E-state index in [0.29, 0.717) is 24.4 Å². The van der Waals surface area contributed by atoms with E-state index in [1.54, 1.807) is 28.4 Å². The van der Waals surface area contributed by atoms with Gasteiger partial charge in [-0.15, -0.1) is 24.0 Å². The molecule has 0 bridgehead atoms. The van der Waals surface area contributed by atoms with E-state index in [1.165, 1.54) is 0 Å². The maximum atomic E-state index is 5.51. The second-order valence-electron chi connectivity index (χ2n) is 7.11. The lowest BCUT2D eigenvalue weighted by Crippen LogP contribution is -2.45. The summed E-state index contributed by atoms with van der Waals surface area (Å²) in [6.45, 7) is 11.4. The zero-order chi connectivity index (χ0) is 21.1. The molecule has 168 valence electrons. The average Bonchev–Trinajstić information content (AvgIpc) is 2.68. The minimum atomic E-state index is 0. The van der Waals surface area contributed by atoms with E-state index in [2.05, 4.69) is 48.2 Å². The summed E-state index contributed by atoms with van der Waals surface area (Å²) in [5, 5.41) is 6.75.